The minimum atomic E-state index is 0.0829. The summed E-state index contributed by atoms with van der Waals surface area (Å²) in [5, 5.41) is 21.0. The second-order valence-corrected chi connectivity index (χ2v) is 4.20. The van der Waals surface area contributed by atoms with Crippen molar-refractivity contribution in [2.75, 3.05) is 33.9 Å². The standard InChI is InChI=1S/C11H26N10/c1-5-16-8(12)18-10(14)20(3)7-21(4)11(15)19-9(13)17-6-2/h5-7H2,1-4H3,(H4,12,14,16,18)(H4,13,15,17,19). The van der Waals surface area contributed by atoms with Crippen LogP contribution in [0.15, 0.2) is 9.98 Å². The Morgan fingerprint density at radius 2 is 1.24 bits per heavy atom. The van der Waals surface area contributed by atoms with Crippen LogP contribution in [0.25, 0.3) is 0 Å². The Morgan fingerprint density at radius 1 is 0.905 bits per heavy atom. The summed E-state index contributed by atoms with van der Waals surface area (Å²) in [5.41, 5.74) is 11.2. The molecule has 0 saturated heterocycles. The molecule has 0 aromatic rings. The van der Waals surface area contributed by atoms with Gasteiger partial charge in [-0.1, -0.05) is 0 Å². The van der Waals surface area contributed by atoms with E-state index in [-0.39, 0.29) is 30.5 Å². The minimum absolute atomic E-state index is 0.0829. The number of guanidine groups is 4. The zero-order valence-electron chi connectivity index (χ0n) is 13.1. The lowest BCUT2D eigenvalue weighted by atomic mass is 10.6. The Bertz CT molecular complexity index is 375. The van der Waals surface area contributed by atoms with Gasteiger partial charge in [-0.2, -0.15) is 0 Å². The first-order valence-electron chi connectivity index (χ1n) is 6.55. The number of aliphatic imine (C=N–C) groups is 2. The summed E-state index contributed by atoms with van der Waals surface area (Å²) in [6.07, 6.45) is 0. The lowest BCUT2D eigenvalue weighted by Gasteiger charge is -2.28. The lowest BCUT2D eigenvalue weighted by molar-refractivity contribution is 0.331. The molecule has 21 heavy (non-hydrogen) atoms. The van der Waals surface area contributed by atoms with Gasteiger partial charge in [-0.15, -0.1) is 0 Å². The Kier molecular flexibility index (Phi) is 8.27. The van der Waals surface area contributed by atoms with Gasteiger partial charge >= 0.3 is 0 Å². The van der Waals surface area contributed by atoms with Crippen LogP contribution in [0.2, 0.25) is 0 Å². The molecular formula is C11H26N10. The number of nitrogens with two attached hydrogens (primary N) is 2. The van der Waals surface area contributed by atoms with Crippen molar-refractivity contribution in [3.63, 3.8) is 0 Å². The van der Waals surface area contributed by atoms with Crippen LogP contribution in [0.4, 0.5) is 0 Å². The van der Waals surface area contributed by atoms with Crippen molar-refractivity contribution in [2.45, 2.75) is 13.8 Å². The van der Waals surface area contributed by atoms with E-state index in [0.29, 0.717) is 13.1 Å². The maximum Gasteiger partial charge on any atom is 0.199 e. The molecule has 0 aromatic carbocycles. The van der Waals surface area contributed by atoms with E-state index in [9.17, 15) is 0 Å². The largest absolute Gasteiger partial charge is 0.370 e. The van der Waals surface area contributed by atoms with Crippen LogP contribution < -0.4 is 22.1 Å². The van der Waals surface area contributed by atoms with E-state index in [1.54, 1.807) is 23.9 Å². The topological polar surface area (TPSA) is 155 Å². The average Bonchev–Trinajstić information content (AvgIpc) is 2.38. The van der Waals surface area contributed by atoms with Crippen LogP contribution in [0.1, 0.15) is 13.8 Å². The second-order valence-electron chi connectivity index (χ2n) is 4.20. The van der Waals surface area contributed by atoms with Crippen molar-refractivity contribution in [1.82, 2.24) is 20.4 Å². The average molecular weight is 298 g/mol. The summed E-state index contributed by atoms with van der Waals surface area (Å²) in [7, 11) is 3.39. The summed E-state index contributed by atoms with van der Waals surface area (Å²) in [4.78, 5) is 11.0. The zero-order valence-corrected chi connectivity index (χ0v) is 13.1. The zero-order chi connectivity index (χ0) is 16.4. The van der Waals surface area contributed by atoms with Crippen molar-refractivity contribution in [2.24, 2.45) is 21.5 Å². The third-order valence-electron chi connectivity index (χ3n) is 2.34. The van der Waals surface area contributed by atoms with Gasteiger partial charge in [0.15, 0.2) is 23.8 Å². The molecule has 0 heterocycles. The Balaban J connectivity index is 4.40. The van der Waals surface area contributed by atoms with Crippen LogP contribution in [0.3, 0.4) is 0 Å². The molecule has 0 amide bonds. The first kappa shape index (κ1) is 18.5. The first-order chi connectivity index (χ1) is 9.81. The maximum atomic E-state index is 7.83. The highest BCUT2D eigenvalue weighted by Crippen LogP contribution is 1.89. The van der Waals surface area contributed by atoms with E-state index >= 15 is 0 Å². The maximum absolute atomic E-state index is 7.83. The summed E-state index contributed by atoms with van der Waals surface area (Å²) in [6, 6.07) is 0. The first-order valence-corrected chi connectivity index (χ1v) is 6.55. The Labute approximate surface area is 125 Å². The van der Waals surface area contributed by atoms with Crippen molar-refractivity contribution >= 4 is 23.8 Å². The highest BCUT2D eigenvalue weighted by molar-refractivity contribution is 5.97. The Hall–Kier alpha value is -2.52. The normalized spacial score (nSPS) is 11.8. The molecule has 0 fully saturated rings. The van der Waals surface area contributed by atoms with Gasteiger partial charge in [0.2, 0.25) is 0 Å². The molecule has 0 aromatic heterocycles. The SMILES string of the molecule is CCN=C(N)NC(=N)N(C)CN(C)C(=N)NC(N)=NCC. The highest BCUT2D eigenvalue weighted by Gasteiger charge is 2.11. The van der Waals surface area contributed by atoms with E-state index in [1.807, 2.05) is 13.8 Å². The minimum Gasteiger partial charge on any atom is -0.370 e. The summed E-state index contributed by atoms with van der Waals surface area (Å²) in [6.45, 7) is 5.08. The molecule has 0 rings (SSSR count). The predicted octanol–water partition coefficient (Wildman–Crippen LogP) is -1.47. The predicted molar refractivity (Wildman–Crippen MR) is 86.4 cm³/mol. The van der Waals surface area contributed by atoms with Crippen molar-refractivity contribution < 1.29 is 0 Å². The van der Waals surface area contributed by atoms with E-state index in [4.69, 9.17) is 22.3 Å². The number of rotatable bonds is 4. The fourth-order valence-corrected chi connectivity index (χ4v) is 1.31. The molecule has 0 aliphatic rings. The van der Waals surface area contributed by atoms with Gasteiger partial charge in [-0.3, -0.25) is 31.4 Å². The van der Waals surface area contributed by atoms with Crippen LogP contribution in [-0.2, 0) is 0 Å². The van der Waals surface area contributed by atoms with Crippen molar-refractivity contribution in [3.05, 3.63) is 0 Å². The number of nitrogens with one attached hydrogen (secondary N) is 4. The number of nitrogens with zero attached hydrogens (tertiary/aromatic N) is 4. The molecule has 0 spiro atoms. The Morgan fingerprint density at radius 3 is 1.52 bits per heavy atom. The van der Waals surface area contributed by atoms with Crippen LogP contribution in [0.5, 0.6) is 0 Å². The van der Waals surface area contributed by atoms with Gasteiger partial charge in [0.1, 0.15) is 0 Å². The van der Waals surface area contributed by atoms with Crippen LogP contribution in [0, 0.1) is 10.8 Å². The van der Waals surface area contributed by atoms with Crippen LogP contribution >= 0.6 is 0 Å². The van der Waals surface area contributed by atoms with Gasteiger partial charge in [0.05, 0.1) is 6.67 Å². The number of hydrogen-bond donors (Lipinski definition) is 6. The molecule has 10 nitrogen and oxygen atoms in total. The highest BCUT2D eigenvalue weighted by atomic mass is 15.4. The molecule has 0 saturated carbocycles. The molecule has 0 atom stereocenters. The summed E-state index contributed by atoms with van der Waals surface area (Å²) >= 11 is 0. The van der Waals surface area contributed by atoms with Gasteiger partial charge in [0, 0.05) is 27.2 Å². The lowest BCUT2D eigenvalue weighted by Crippen LogP contribution is -2.52. The molecular weight excluding hydrogens is 272 g/mol. The molecule has 0 bridgehead atoms. The van der Waals surface area contributed by atoms with Crippen molar-refractivity contribution in [3.8, 4) is 0 Å². The van der Waals surface area contributed by atoms with Gasteiger partial charge in [-0.25, -0.2) is 0 Å². The van der Waals surface area contributed by atoms with Gasteiger partial charge in [-0.05, 0) is 13.8 Å². The molecule has 10 heteroatoms. The smallest absolute Gasteiger partial charge is 0.199 e. The summed E-state index contributed by atoms with van der Waals surface area (Å²) < 4.78 is 0. The van der Waals surface area contributed by atoms with E-state index in [1.165, 1.54) is 0 Å². The third-order valence-corrected chi connectivity index (χ3v) is 2.34. The molecule has 0 radical (unpaired) electrons. The summed E-state index contributed by atoms with van der Waals surface area (Å²) in [5.74, 6) is 0.535. The fraction of sp³-hybridized carbons (Fsp3) is 0.636. The fourth-order valence-electron chi connectivity index (χ4n) is 1.31. The molecule has 0 aliphatic heterocycles. The van der Waals surface area contributed by atoms with Gasteiger partial charge in [0.25, 0.3) is 0 Å². The van der Waals surface area contributed by atoms with E-state index in [0.717, 1.165) is 0 Å². The van der Waals surface area contributed by atoms with Crippen molar-refractivity contribution in [1.29, 1.82) is 10.8 Å². The van der Waals surface area contributed by atoms with E-state index in [2.05, 4.69) is 20.6 Å². The van der Waals surface area contributed by atoms with Gasteiger partial charge < -0.3 is 21.3 Å². The quantitative estimate of drug-likeness (QED) is 0.211. The van der Waals surface area contributed by atoms with Crippen LogP contribution in [-0.4, -0.2) is 67.5 Å². The van der Waals surface area contributed by atoms with E-state index < -0.39 is 0 Å². The molecule has 120 valence electrons. The third kappa shape index (κ3) is 7.60. The second kappa shape index (κ2) is 9.39. The molecule has 8 N–H and O–H groups in total. The molecule has 0 unspecified atom stereocenters. The molecule has 0 aliphatic carbocycles. The monoisotopic (exact) mass is 298 g/mol. The number of hydrogen-bond acceptors (Lipinski definition) is 4.